The van der Waals surface area contributed by atoms with Crippen molar-refractivity contribution in [2.24, 2.45) is 0 Å². The average Bonchev–Trinajstić information content (AvgIpc) is 3.25. The molecule has 2 heterocycles. The number of amides is 1. The number of ether oxygens (including phenoxy) is 1. The first kappa shape index (κ1) is 22.0. The molecule has 0 radical (unpaired) electrons. The highest BCUT2D eigenvalue weighted by atomic mass is 32.2. The minimum absolute atomic E-state index is 0.101. The number of carbonyl (C=O) groups is 2. The molecule has 0 spiro atoms. The Morgan fingerprint density at radius 3 is 2.70 bits per heavy atom. The molecular formula is C20H23N5O3S2. The van der Waals surface area contributed by atoms with E-state index in [2.05, 4.69) is 26.9 Å². The lowest BCUT2D eigenvalue weighted by Gasteiger charge is -2.09. The van der Waals surface area contributed by atoms with Crippen molar-refractivity contribution in [3.05, 3.63) is 45.3 Å². The fourth-order valence-corrected chi connectivity index (χ4v) is 4.67. The largest absolute Gasteiger partial charge is 0.462 e. The van der Waals surface area contributed by atoms with Gasteiger partial charge in [-0.05, 0) is 62.2 Å². The Kier molecular flexibility index (Phi) is 6.88. The van der Waals surface area contributed by atoms with Crippen molar-refractivity contribution in [1.29, 1.82) is 0 Å². The van der Waals surface area contributed by atoms with E-state index in [1.807, 2.05) is 39.8 Å². The summed E-state index contributed by atoms with van der Waals surface area (Å²) in [5, 5.41) is 15.7. The summed E-state index contributed by atoms with van der Waals surface area (Å²) in [6, 6.07) is 5.99. The number of anilines is 1. The Labute approximate surface area is 183 Å². The number of hydrogen-bond donors (Lipinski definition) is 1. The molecule has 0 saturated carbocycles. The third kappa shape index (κ3) is 4.71. The van der Waals surface area contributed by atoms with Crippen molar-refractivity contribution in [2.45, 2.75) is 39.8 Å². The number of aryl methyl sites for hydroxylation is 3. The van der Waals surface area contributed by atoms with Crippen LogP contribution in [-0.2, 0) is 9.53 Å². The van der Waals surface area contributed by atoms with Crippen molar-refractivity contribution in [2.75, 3.05) is 17.7 Å². The lowest BCUT2D eigenvalue weighted by Crippen LogP contribution is -2.17. The van der Waals surface area contributed by atoms with Crippen molar-refractivity contribution in [3.63, 3.8) is 0 Å². The number of esters is 1. The lowest BCUT2D eigenvalue weighted by molar-refractivity contribution is -0.113. The molecule has 3 aromatic rings. The minimum Gasteiger partial charge on any atom is -0.462 e. The maximum Gasteiger partial charge on any atom is 0.341 e. The third-order valence-electron chi connectivity index (χ3n) is 4.47. The lowest BCUT2D eigenvalue weighted by atomic mass is 10.1. The molecule has 10 heteroatoms. The van der Waals surface area contributed by atoms with Crippen LogP contribution in [0.5, 0.6) is 0 Å². The van der Waals surface area contributed by atoms with Gasteiger partial charge in [-0.1, -0.05) is 29.5 Å². The first-order chi connectivity index (χ1) is 14.3. The highest BCUT2D eigenvalue weighted by Crippen LogP contribution is 2.33. The van der Waals surface area contributed by atoms with Gasteiger partial charge in [-0.25, -0.2) is 4.79 Å². The Balaban J connectivity index is 1.72. The van der Waals surface area contributed by atoms with Gasteiger partial charge in [-0.3, -0.25) is 4.79 Å². The van der Waals surface area contributed by atoms with E-state index in [0.717, 1.165) is 27.3 Å². The quantitative estimate of drug-likeness (QED) is 0.435. The van der Waals surface area contributed by atoms with E-state index in [4.69, 9.17) is 4.74 Å². The molecule has 0 unspecified atom stereocenters. The maximum absolute atomic E-state index is 12.6. The van der Waals surface area contributed by atoms with Gasteiger partial charge in [0.05, 0.1) is 23.6 Å². The Bertz CT molecular complexity index is 1090. The van der Waals surface area contributed by atoms with Crippen LogP contribution in [-0.4, -0.2) is 44.4 Å². The Hall–Kier alpha value is -2.72. The SMILES string of the molecule is CCOC(=O)c1c(NC(=O)CSc2nnnn2-c2ccc(C)cc2C)sc(C)c1C. The number of rotatable bonds is 7. The van der Waals surface area contributed by atoms with Gasteiger partial charge < -0.3 is 10.1 Å². The Morgan fingerprint density at radius 1 is 1.23 bits per heavy atom. The molecule has 0 bridgehead atoms. The minimum atomic E-state index is -0.430. The zero-order valence-electron chi connectivity index (χ0n) is 17.5. The number of benzene rings is 1. The van der Waals surface area contributed by atoms with E-state index >= 15 is 0 Å². The average molecular weight is 446 g/mol. The molecule has 0 aliphatic carbocycles. The molecule has 0 fully saturated rings. The third-order valence-corrected chi connectivity index (χ3v) is 6.51. The number of nitrogens with one attached hydrogen (secondary N) is 1. The number of nitrogens with zero attached hydrogens (tertiary/aromatic N) is 4. The number of thiophene rings is 1. The molecule has 8 nitrogen and oxygen atoms in total. The predicted molar refractivity (Wildman–Crippen MR) is 118 cm³/mol. The second-order valence-corrected chi connectivity index (χ2v) is 8.88. The molecule has 3 rings (SSSR count). The van der Waals surface area contributed by atoms with Crippen LogP contribution < -0.4 is 5.32 Å². The fourth-order valence-electron chi connectivity index (χ4n) is 2.92. The first-order valence-electron chi connectivity index (χ1n) is 9.37. The second-order valence-electron chi connectivity index (χ2n) is 6.71. The molecule has 0 saturated heterocycles. The van der Waals surface area contributed by atoms with Gasteiger partial charge >= 0.3 is 5.97 Å². The first-order valence-corrected chi connectivity index (χ1v) is 11.2. The summed E-state index contributed by atoms with van der Waals surface area (Å²) in [5.74, 6) is -0.577. The van der Waals surface area contributed by atoms with Crippen molar-refractivity contribution in [3.8, 4) is 5.69 Å². The van der Waals surface area contributed by atoms with Gasteiger partial charge in [-0.15, -0.1) is 16.4 Å². The predicted octanol–water partition coefficient (Wildman–Crippen LogP) is 3.86. The van der Waals surface area contributed by atoms with Crippen LogP contribution in [0.3, 0.4) is 0 Å². The van der Waals surface area contributed by atoms with Crippen molar-refractivity contribution < 1.29 is 14.3 Å². The molecule has 0 aliphatic rings. The highest BCUT2D eigenvalue weighted by molar-refractivity contribution is 7.99. The number of carbonyl (C=O) groups excluding carboxylic acids is 2. The van der Waals surface area contributed by atoms with Gasteiger partial charge in [0.25, 0.3) is 0 Å². The number of thioether (sulfide) groups is 1. The zero-order chi connectivity index (χ0) is 21.8. The van der Waals surface area contributed by atoms with Crippen LogP contribution in [0.4, 0.5) is 5.00 Å². The van der Waals surface area contributed by atoms with Crippen molar-refractivity contribution in [1.82, 2.24) is 20.2 Å². The molecule has 0 aliphatic heterocycles. The molecule has 158 valence electrons. The smallest absolute Gasteiger partial charge is 0.341 e. The number of hydrogen-bond acceptors (Lipinski definition) is 8. The molecule has 2 aromatic heterocycles. The summed E-state index contributed by atoms with van der Waals surface area (Å²) < 4.78 is 6.75. The van der Waals surface area contributed by atoms with Crippen LogP contribution in [0.2, 0.25) is 0 Å². The summed E-state index contributed by atoms with van der Waals surface area (Å²) >= 11 is 2.59. The van der Waals surface area contributed by atoms with E-state index in [0.29, 0.717) is 15.7 Å². The van der Waals surface area contributed by atoms with E-state index in [9.17, 15) is 9.59 Å². The van der Waals surface area contributed by atoms with E-state index < -0.39 is 5.97 Å². The van der Waals surface area contributed by atoms with Gasteiger partial charge in [-0.2, -0.15) is 4.68 Å². The van der Waals surface area contributed by atoms with E-state index in [-0.39, 0.29) is 18.3 Å². The van der Waals surface area contributed by atoms with Crippen LogP contribution in [0.1, 0.15) is 38.8 Å². The molecule has 30 heavy (non-hydrogen) atoms. The molecule has 1 amide bonds. The van der Waals surface area contributed by atoms with Crippen molar-refractivity contribution >= 4 is 40.0 Å². The normalized spacial score (nSPS) is 10.8. The summed E-state index contributed by atoms with van der Waals surface area (Å²) in [4.78, 5) is 25.8. The zero-order valence-corrected chi connectivity index (χ0v) is 19.1. The monoisotopic (exact) mass is 445 g/mol. The number of tetrazole rings is 1. The van der Waals surface area contributed by atoms with Gasteiger partial charge in [0.1, 0.15) is 5.00 Å². The molecule has 1 aromatic carbocycles. The van der Waals surface area contributed by atoms with E-state index in [1.165, 1.54) is 23.1 Å². The maximum atomic E-state index is 12.6. The summed E-state index contributed by atoms with van der Waals surface area (Å²) in [6.45, 7) is 9.79. The van der Waals surface area contributed by atoms with Crippen LogP contribution in [0.15, 0.2) is 23.4 Å². The topological polar surface area (TPSA) is 99.0 Å². The second kappa shape index (κ2) is 9.40. The van der Waals surface area contributed by atoms with Crippen LogP contribution >= 0.6 is 23.1 Å². The summed E-state index contributed by atoms with van der Waals surface area (Å²) in [5.41, 5.74) is 4.29. The standard InChI is InChI=1S/C20H23N5O3S2/c1-6-28-19(27)17-13(4)14(5)30-18(17)21-16(26)10-29-20-22-23-24-25(20)15-8-7-11(2)9-12(15)3/h7-9H,6,10H2,1-5H3,(H,21,26). The summed E-state index contributed by atoms with van der Waals surface area (Å²) in [7, 11) is 0. The van der Waals surface area contributed by atoms with Gasteiger partial charge in [0.2, 0.25) is 11.1 Å². The van der Waals surface area contributed by atoms with Gasteiger partial charge in [0.15, 0.2) is 0 Å². The van der Waals surface area contributed by atoms with E-state index in [1.54, 1.807) is 11.6 Å². The molecule has 1 N–H and O–H groups in total. The fraction of sp³-hybridized carbons (Fsp3) is 0.350. The number of aromatic nitrogens is 4. The van der Waals surface area contributed by atoms with Gasteiger partial charge in [0, 0.05) is 4.88 Å². The highest BCUT2D eigenvalue weighted by Gasteiger charge is 2.22. The van der Waals surface area contributed by atoms with Crippen LogP contribution in [0.25, 0.3) is 5.69 Å². The van der Waals surface area contributed by atoms with Crippen LogP contribution in [0, 0.1) is 27.7 Å². The molecular weight excluding hydrogens is 422 g/mol. The Morgan fingerprint density at radius 2 is 2.00 bits per heavy atom. The molecule has 0 atom stereocenters. The summed E-state index contributed by atoms with van der Waals surface area (Å²) in [6.07, 6.45) is 0.